The molecule has 2 aromatic heterocycles. The number of aromatic nitrogens is 2. The van der Waals surface area contributed by atoms with Crippen molar-refractivity contribution in [2.75, 3.05) is 6.61 Å². The van der Waals surface area contributed by atoms with Crippen molar-refractivity contribution in [3.63, 3.8) is 0 Å². The Morgan fingerprint density at radius 3 is 1.24 bits per heavy atom. The first-order chi connectivity index (χ1) is 42.0. The van der Waals surface area contributed by atoms with Crippen LogP contribution in [0.2, 0.25) is 0 Å². The number of nitrogens with one attached hydrogen (secondary N) is 10. The second-order valence-electron chi connectivity index (χ2n) is 23.9. The fourth-order valence-electron chi connectivity index (χ4n) is 10.4. The van der Waals surface area contributed by atoms with Gasteiger partial charge in [0.05, 0.1) is 12.6 Å². The molecule has 10 atom stereocenters. The summed E-state index contributed by atoms with van der Waals surface area (Å²) in [5.41, 5.74) is 10.6. The lowest BCUT2D eigenvalue weighted by Crippen LogP contribution is -2.62. The van der Waals surface area contributed by atoms with E-state index in [0.29, 0.717) is 23.1 Å². The van der Waals surface area contributed by atoms with Crippen LogP contribution in [0.25, 0.3) is 21.8 Å². The number of carbonyl (C=O) groups excluding carboxylic acids is 8. The van der Waals surface area contributed by atoms with Crippen molar-refractivity contribution >= 4 is 75.0 Å². The van der Waals surface area contributed by atoms with E-state index < -0.39 is 126 Å². The first-order valence-corrected chi connectivity index (χ1v) is 30.2. The molecule has 22 heteroatoms. The van der Waals surface area contributed by atoms with Crippen molar-refractivity contribution < 1.29 is 53.4 Å². The predicted octanol–water partition coefficient (Wildman–Crippen LogP) is 4.00. The highest BCUT2D eigenvalue weighted by Crippen LogP contribution is 2.22. The van der Waals surface area contributed by atoms with Crippen molar-refractivity contribution in [1.82, 2.24) is 52.5 Å². The number of rotatable bonds is 33. The first kappa shape index (κ1) is 68.2. The number of aliphatic carboxylic acids is 1. The minimum absolute atomic E-state index is 0.0848. The summed E-state index contributed by atoms with van der Waals surface area (Å²) in [6, 6.07) is 20.9. The molecule has 0 saturated carbocycles. The summed E-state index contributed by atoms with van der Waals surface area (Å²) in [5.74, 6) is -8.76. The van der Waals surface area contributed by atoms with Gasteiger partial charge in [-0.1, -0.05) is 159 Å². The number of H-pyrrole nitrogens is 2. The number of hydrogen-bond donors (Lipinski definition) is 13. The molecule has 0 aliphatic rings. The Bertz CT molecular complexity index is 3330. The minimum Gasteiger partial charge on any atom is -0.480 e. The number of aliphatic hydroxyl groups is 1. The molecule has 472 valence electrons. The summed E-state index contributed by atoms with van der Waals surface area (Å²) < 4.78 is 0. The largest absolute Gasteiger partial charge is 0.480 e. The number of nitrogens with two attached hydrogens (primary N) is 1. The Morgan fingerprint density at radius 2 is 0.795 bits per heavy atom. The van der Waals surface area contributed by atoms with Gasteiger partial charge in [0.15, 0.2) is 0 Å². The molecule has 0 spiro atoms. The van der Waals surface area contributed by atoms with Gasteiger partial charge in [0.1, 0.15) is 48.3 Å². The van der Waals surface area contributed by atoms with Crippen LogP contribution in [0.5, 0.6) is 0 Å². The van der Waals surface area contributed by atoms with E-state index in [2.05, 4.69) is 52.5 Å². The van der Waals surface area contributed by atoms with Gasteiger partial charge >= 0.3 is 5.97 Å². The SMILES string of the molecule is CC[C@H](C)[C@H](NC(=O)[C@H](CC(C)C)NC(=O)[C@H](Cc1c[nH]c2ccccc12)NC(=O)[C@H](Cc1ccccc1)NC(=O)[C@@H](NC(=O)[C@H](CO)NC(=O)[C@H](Cc1c[nH]c2ccccc12)NC(=O)[C@H](CC(C)C)NC(=O)[C@@H](N)Cc1ccccc1)C(C)C)C(=O)O. The molecule has 0 radical (unpaired) electrons. The summed E-state index contributed by atoms with van der Waals surface area (Å²) in [7, 11) is 0. The van der Waals surface area contributed by atoms with Crippen LogP contribution in [0.1, 0.15) is 96.9 Å². The molecule has 88 heavy (non-hydrogen) atoms. The van der Waals surface area contributed by atoms with E-state index in [0.717, 1.165) is 27.4 Å². The Balaban J connectivity index is 1.23. The van der Waals surface area contributed by atoms with Crippen molar-refractivity contribution in [2.24, 2.45) is 29.4 Å². The number of aliphatic hydroxyl groups excluding tert-OH is 1. The van der Waals surface area contributed by atoms with Crippen LogP contribution < -0.4 is 48.3 Å². The number of aromatic amines is 2. The number of hydrogen-bond acceptors (Lipinski definition) is 11. The summed E-state index contributed by atoms with van der Waals surface area (Å²) in [6.45, 7) is 13.3. The molecule has 0 aliphatic carbocycles. The first-order valence-electron chi connectivity index (χ1n) is 30.2. The molecule has 22 nitrogen and oxygen atoms in total. The molecule has 8 amide bonds. The highest BCUT2D eigenvalue weighted by atomic mass is 16.4. The average Bonchev–Trinajstić information content (AvgIpc) is 4.34. The minimum atomic E-state index is -1.68. The molecular formula is C66H87N11O11. The van der Waals surface area contributed by atoms with E-state index in [9.17, 15) is 53.4 Å². The fourth-order valence-corrected chi connectivity index (χ4v) is 10.4. The Labute approximate surface area is 513 Å². The van der Waals surface area contributed by atoms with Crippen molar-refractivity contribution in [1.29, 1.82) is 0 Å². The lowest BCUT2D eigenvalue weighted by molar-refractivity contribution is -0.144. The van der Waals surface area contributed by atoms with E-state index in [1.54, 1.807) is 70.4 Å². The Hall–Kier alpha value is -8.89. The molecule has 0 saturated heterocycles. The molecule has 0 fully saturated rings. The van der Waals surface area contributed by atoms with Crippen LogP contribution in [0, 0.1) is 23.7 Å². The maximum absolute atomic E-state index is 14.9. The maximum Gasteiger partial charge on any atom is 0.326 e. The quantitative estimate of drug-likeness (QED) is 0.0278. The Morgan fingerprint density at radius 1 is 0.432 bits per heavy atom. The summed E-state index contributed by atoms with van der Waals surface area (Å²) in [4.78, 5) is 134. The number of carbonyl (C=O) groups is 9. The highest BCUT2D eigenvalue weighted by molar-refractivity contribution is 5.99. The van der Waals surface area contributed by atoms with Gasteiger partial charge in [0, 0.05) is 53.5 Å². The third-order valence-corrected chi connectivity index (χ3v) is 15.5. The molecule has 0 unspecified atom stereocenters. The van der Waals surface area contributed by atoms with Gasteiger partial charge in [0.25, 0.3) is 0 Å². The number of benzene rings is 4. The van der Waals surface area contributed by atoms with E-state index in [1.807, 2.05) is 107 Å². The number of carboxylic acids is 1. The average molecular weight is 1210 g/mol. The van der Waals surface area contributed by atoms with Crippen LogP contribution in [0.3, 0.4) is 0 Å². The number of amides is 8. The standard InChI is InChI=1S/C66H87N11O11/c1-9-40(8)57(66(87)88)77-63(84)51(29-38(4)5)71-61(82)53(32-43-34-68-48-26-18-16-24-45(43)48)73-60(81)52(31-42-22-14-11-15-23-42)74-65(86)56(39(6)7)76-64(85)55(36-78)75-62(83)54(33-44-35-69-49-27-19-17-25-46(44)49)72-59(80)50(28-37(2)3)70-58(79)47(67)30-41-20-12-10-13-21-41/h10-27,34-35,37-40,47,50-57,68-69,78H,9,28-33,36,67H2,1-8H3,(H,70,79)(H,71,82)(H,72,80)(H,73,81)(H,74,86)(H,75,83)(H,76,85)(H,77,84)(H,87,88)/t40-,47-,50-,51-,52-,53-,54-,55-,56-,57-/m0/s1. The van der Waals surface area contributed by atoms with Gasteiger partial charge < -0.3 is 68.4 Å². The Kier molecular flexibility index (Phi) is 25.4. The zero-order chi connectivity index (χ0) is 64.2. The van der Waals surface area contributed by atoms with Gasteiger partial charge in [-0.2, -0.15) is 0 Å². The lowest BCUT2D eigenvalue weighted by Gasteiger charge is -2.29. The van der Waals surface area contributed by atoms with E-state index in [1.165, 1.54) is 0 Å². The third kappa shape index (κ3) is 19.6. The molecule has 6 rings (SSSR count). The molecule has 0 bridgehead atoms. The summed E-state index contributed by atoms with van der Waals surface area (Å²) in [5, 5.41) is 44.1. The number of fused-ring (bicyclic) bond motifs is 2. The number of carboxylic acid groups (broad SMARTS) is 1. The van der Waals surface area contributed by atoms with Crippen molar-refractivity contribution in [3.05, 3.63) is 144 Å². The smallest absolute Gasteiger partial charge is 0.326 e. The molecule has 6 aromatic rings. The van der Waals surface area contributed by atoms with Gasteiger partial charge in [-0.25, -0.2) is 4.79 Å². The maximum atomic E-state index is 14.9. The van der Waals surface area contributed by atoms with E-state index in [4.69, 9.17) is 5.73 Å². The van der Waals surface area contributed by atoms with Crippen LogP contribution in [-0.4, -0.2) is 134 Å². The zero-order valence-electron chi connectivity index (χ0n) is 51.4. The normalized spacial score (nSPS) is 14.9. The van der Waals surface area contributed by atoms with Gasteiger partial charge in [0.2, 0.25) is 47.3 Å². The molecular weight excluding hydrogens is 1120 g/mol. The summed E-state index contributed by atoms with van der Waals surface area (Å²) in [6.07, 6.45) is 4.10. The van der Waals surface area contributed by atoms with Crippen molar-refractivity contribution in [3.8, 4) is 0 Å². The molecule has 2 heterocycles. The van der Waals surface area contributed by atoms with Crippen LogP contribution in [-0.2, 0) is 68.8 Å². The van der Waals surface area contributed by atoms with Crippen LogP contribution in [0.15, 0.2) is 122 Å². The van der Waals surface area contributed by atoms with Gasteiger partial charge in [-0.15, -0.1) is 0 Å². The van der Waals surface area contributed by atoms with Crippen LogP contribution in [0.4, 0.5) is 0 Å². The second-order valence-corrected chi connectivity index (χ2v) is 23.9. The lowest BCUT2D eigenvalue weighted by atomic mass is 9.97. The van der Waals surface area contributed by atoms with Crippen molar-refractivity contribution in [2.45, 2.75) is 155 Å². The van der Waals surface area contributed by atoms with Gasteiger partial charge in [-0.05, 0) is 77.3 Å². The molecule has 14 N–H and O–H groups in total. The topological polar surface area (TPSA) is 348 Å². The second kappa shape index (κ2) is 32.7. The number of para-hydroxylation sites is 2. The van der Waals surface area contributed by atoms with E-state index in [-0.39, 0.29) is 50.4 Å². The zero-order valence-corrected chi connectivity index (χ0v) is 51.4. The fraction of sp³-hybridized carbons (Fsp3) is 0.439. The monoisotopic (exact) mass is 1210 g/mol. The molecule has 0 aliphatic heterocycles. The molecule has 4 aromatic carbocycles. The summed E-state index contributed by atoms with van der Waals surface area (Å²) >= 11 is 0. The highest BCUT2D eigenvalue weighted by Gasteiger charge is 2.37. The predicted molar refractivity (Wildman–Crippen MR) is 336 cm³/mol. The van der Waals surface area contributed by atoms with Crippen LogP contribution >= 0.6 is 0 Å². The van der Waals surface area contributed by atoms with Gasteiger partial charge in [-0.3, -0.25) is 38.4 Å². The van der Waals surface area contributed by atoms with E-state index >= 15 is 0 Å². The third-order valence-electron chi connectivity index (χ3n) is 15.5.